The normalized spacial score (nSPS) is 14.8. The Morgan fingerprint density at radius 2 is 1.76 bits per heavy atom. The highest BCUT2D eigenvalue weighted by Crippen LogP contribution is 2.35. The van der Waals surface area contributed by atoms with Crippen LogP contribution in [0.25, 0.3) is 17.0 Å². The average molecular weight is 596 g/mol. The predicted molar refractivity (Wildman–Crippen MR) is 154 cm³/mol. The molecule has 3 aromatic carbocycles. The molecule has 4 aromatic rings. The Morgan fingerprint density at radius 1 is 0.973 bits per heavy atom. The van der Waals surface area contributed by atoms with E-state index in [2.05, 4.69) is 32.6 Å². The van der Waals surface area contributed by atoms with Crippen LogP contribution >= 0.6 is 39.3 Å². The number of aryl methyl sites for hydroxylation is 1. The summed E-state index contributed by atoms with van der Waals surface area (Å²) in [6, 6.07) is 23.5. The Kier molecular flexibility index (Phi) is 8.03. The van der Waals surface area contributed by atoms with Crippen LogP contribution in [0.15, 0.2) is 88.4 Å². The van der Waals surface area contributed by atoms with Crippen molar-refractivity contribution >= 4 is 67.4 Å². The molecule has 37 heavy (non-hydrogen) atoms. The zero-order valence-corrected chi connectivity index (χ0v) is 23.1. The summed E-state index contributed by atoms with van der Waals surface area (Å²) in [6.07, 6.45) is 5.37. The number of halogens is 2. The van der Waals surface area contributed by atoms with Crippen LogP contribution < -0.4 is 4.74 Å². The number of hydrogen-bond donors (Lipinski definition) is 0. The molecule has 188 valence electrons. The number of carbonyl (C=O) groups is 2. The maximum atomic E-state index is 13.1. The second-order valence-electron chi connectivity index (χ2n) is 8.64. The number of para-hydroxylation sites is 1. The van der Waals surface area contributed by atoms with Gasteiger partial charge in [0.05, 0.1) is 16.5 Å². The summed E-state index contributed by atoms with van der Waals surface area (Å²) in [4.78, 5) is 27.5. The van der Waals surface area contributed by atoms with Gasteiger partial charge in [0.1, 0.15) is 12.4 Å². The van der Waals surface area contributed by atoms with E-state index < -0.39 is 0 Å². The van der Waals surface area contributed by atoms with Crippen molar-refractivity contribution in [3.05, 3.63) is 105 Å². The highest BCUT2D eigenvalue weighted by Gasteiger charge is 2.34. The van der Waals surface area contributed by atoms with E-state index >= 15 is 0 Å². The molecule has 0 atom stereocenters. The monoisotopic (exact) mass is 594 g/mol. The maximum Gasteiger partial charge on any atom is 0.293 e. The summed E-state index contributed by atoms with van der Waals surface area (Å²) in [7, 11) is 0. The van der Waals surface area contributed by atoms with Crippen LogP contribution in [0.3, 0.4) is 0 Å². The number of aromatic nitrogens is 1. The van der Waals surface area contributed by atoms with Crippen LogP contribution in [-0.2, 0) is 17.8 Å². The number of carbonyl (C=O) groups excluding carboxylic acids is 2. The molecule has 0 unspecified atom stereocenters. The lowest BCUT2D eigenvalue weighted by Gasteiger charge is -2.12. The molecule has 0 aliphatic carbocycles. The van der Waals surface area contributed by atoms with Crippen LogP contribution in [0.5, 0.6) is 5.75 Å². The van der Waals surface area contributed by atoms with E-state index in [4.69, 9.17) is 16.3 Å². The molecule has 0 bridgehead atoms. The molecule has 1 saturated heterocycles. The first-order chi connectivity index (χ1) is 18.0. The molecule has 5 rings (SSSR count). The second kappa shape index (κ2) is 11.6. The third kappa shape index (κ3) is 5.95. The highest BCUT2D eigenvalue weighted by atomic mass is 79.9. The van der Waals surface area contributed by atoms with Gasteiger partial charge in [0.2, 0.25) is 0 Å². The van der Waals surface area contributed by atoms with Gasteiger partial charge in [0, 0.05) is 33.7 Å². The molecular formula is C29H24BrClN2O3S. The van der Waals surface area contributed by atoms with Gasteiger partial charge in [-0.25, -0.2) is 0 Å². The number of fused-ring (bicyclic) bond motifs is 1. The summed E-state index contributed by atoms with van der Waals surface area (Å²) in [5, 5.41) is 1.34. The number of amides is 2. The number of benzene rings is 3. The van der Waals surface area contributed by atoms with E-state index in [0.29, 0.717) is 35.4 Å². The largest absolute Gasteiger partial charge is 0.490 e. The first kappa shape index (κ1) is 25.6. The minimum absolute atomic E-state index is 0.220. The fourth-order valence-electron chi connectivity index (χ4n) is 4.33. The van der Waals surface area contributed by atoms with Crippen molar-refractivity contribution in [2.24, 2.45) is 0 Å². The van der Waals surface area contributed by atoms with Crippen LogP contribution in [-0.4, -0.2) is 33.8 Å². The van der Waals surface area contributed by atoms with Gasteiger partial charge in [-0.05, 0) is 66.6 Å². The van der Waals surface area contributed by atoms with Gasteiger partial charge in [0.15, 0.2) is 0 Å². The third-order valence-corrected chi connectivity index (χ3v) is 7.86. The molecule has 0 saturated carbocycles. The Bertz CT molecular complexity index is 1490. The van der Waals surface area contributed by atoms with Crippen LogP contribution in [0.4, 0.5) is 4.79 Å². The number of ether oxygens (including phenoxy) is 1. The molecular weight excluding hydrogens is 572 g/mol. The van der Waals surface area contributed by atoms with Crippen molar-refractivity contribution in [2.75, 3.05) is 13.2 Å². The molecule has 1 aliphatic rings. The average Bonchev–Trinajstić information content (AvgIpc) is 3.37. The van der Waals surface area contributed by atoms with Gasteiger partial charge in [-0.3, -0.25) is 14.5 Å². The Labute approximate surface area is 233 Å². The summed E-state index contributed by atoms with van der Waals surface area (Å²) >= 11 is 10.8. The molecule has 2 heterocycles. The third-order valence-electron chi connectivity index (χ3n) is 6.15. The number of imide groups is 1. The molecule has 1 aromatic heterocycles. The molecule has 2 amide bonds. The topological polar surface area (TPSA) is 51.5 Å². The lowest BCUT2D eigenvalue weighted by atomic mass is 10.1. The van der Waals surface area contributed by atoms with E-state index in [0.717, 1.165) is 45.5 Å². The SMILES string of the molecule is O=C1S/C(=C\c2cn(CCOc3ccccc3Cl)c3ccc(Br)cc23)C(=O)N1CCCc1ccccc1. The number of hydrogen-bond acceptors (Lipinski definition) is 4. The lowest BCUT2D eigenvalue weighted by molar-refractivity contribution is -0.122. The van der Waals surface area contributed by atoms with Crippen molar-refractivity contribution in [1.82, 2.24) is 9.47 Å². The van der Waals surface area contributed by atoms with Gasteiger partial charge in [0.25, 0.3) is 11.1 Å². The molecule has 5 nitrogen and oxygen atoms in total. The molecule has 8 heteroatoms. The molecule has 0 spiro atoms. The van der Waals surface area contributed by atoms with E-state index in [1.807, 2.05) is 66.9 Å². The van der Waals surface area contributed by atoms with Crippen molar-refractivity contribution in [2.45, 2.75) is 19.4 Å². The van der Waals surface area contributed by atoms with Crippen molar-refractivity contribution in [3.8, 4) is 5.75 Å². The summed E-state index contributed by atoms with van der Waals surface area (Å²) in [6.45, 7) is 1.43. The van der Waals surface area contributed by atoms with Gasteiger partial charge < -0.3 is 9.30 Å². The fourth-order valence-corrected chi connectivity index (χ4v) is 5.74. The van der Waals surface area contributed by atoms with Gasteiger partial charge >= 0.3 is 0 Å². The molecule has 1 fully saturated rings. The van der Waals surface area contributed by atoms with Gasteiger partial charge in [-0.1, -0.05) is 70.0 Å². The number of rotatable bonds is 9. The smallest absolute Gasteiger partial charge is 0.293 e. The standard InChI is InChI=1S/C29H24BrClN2O3S/c30-22-12-13-25-23(18-22)21(19-32(25)15-16-36-26-11-5-4-10-24(26)31)17-27-28(34)33(29(35)37-27)14-6-9-20-7-2-1-3-8-20/h1-5,7-8,10-13,17-19H,6,9,14-16H2/b27-17-. The van der Waals surface area contributed by atoms with Gasteiger partial charge in [-0.2, -0.15) is 0 Å². The zero-order chi connectivity index (χ0) is 25.8. The van der Waals surface area contributed by atoms with Crippen molar-refractivity contribution in [3.63, 3.8) is 0 Å². The Balaban J connectivity index is 1.32. The van der Waals surface area contributed by atoms with E-state index in [1.165, 1.54) is 10.5 Å². The van der Waals surface area contributed by atoms with E-state index in [9.17, 15) is 9.59 Å². The number of nitrogens with zero attached hydrogens (tertiary/aromatic N) is 2. The van der Waals surface area contributed by atoms with Crippen LogP contribution in [0.2, 0.25) is 5.02 Å². The van der Waals surface area contributed by atoms with E-state index in [-0.39, 0.29) is 11.1 Å². The first-order valence-electron chi connectivity index (χ1n) is 11.9. The van der Waals surface area contributed by atoms with Gasteiger partial charge in [-0.15, -0.1) is 0 Å². The minimum Gasteiger partial charge on any atom is -0.490 e. The summed E-state index contributed by atoms with van der Waals surface area (Å²) < 4.78 is 8.91. The number of thioether (sulfide) groups is 1. The lowest BCUT2D eigenvalue weighted by Crippen LogP contribution is -2.29. The Hall–Kier alpha value is -3.00. The highest BCUT2D eigenvalue weighted by molar-refractivity contribution is 9.10. The van der Waals surface area contributed by atoms with Crippen molar-refractivity contribution < 1.29 is 14.3 Å². The maximum absolute atomic E-state index is 13.1. The zero-order valence-electron chi connectivity index (χ0n) is 19.9. The second-order valence-corrected chi connectivity index (χ2v) is 11.0. The molecule has 1 aliphatic heterocycles. The first-order valence-corrected chi connectivity index (χ1v) is 13.9. The Morgan fingerprint density at radius 3 is 2.57 bits per heavy atom. The van der Waals surface area contributed by atoms with E-state index in [1.54, 1.807) is 6.07 Å². The quantitative estimate of drug-likeness (QED) is 0.185. The van der Waals surface area contributed by atoms with Crippen molar-refractivity contribution in [1.29, 1.82) is 0 Å². The fraction of sp³-hybridized carbons (Fsp3) is 0.172. The molecule has 0 N–H and O–H groups in total. The molecule has 0 radical (unpaired) electrons. The summed E-state index contributed by atoms with van der Waals surface area (Å²) in [5.74, 6) is 0.408. The minimum atomic E-state index is -0.235. The summed E-state index contributed by atoms with van der Waals surface area (Å²) in [5.41, 5.74) is 3.09. The van der Waals surface area contributed by atoms with Crippen LogP contribution in [0, 0.1) is 0 Å². The van der Waals surface area contributed by atoms with Crippen LogP contribution in [0.1, 0.15) is 17.5 Å². The predicted octanol–water partition coefficient (Wildman–Crippen LogP) is 7.81.